The molecule has 0 bridgehead atoms. The lowest BCUT2D eigenvalue weighted by Crippen LogP contribution is -2.47. The fourth-order valence-electron chi connectivity index (χ4n) is 3.16. The van der Waals surface area contributed by atoms with E-state index in [1.807, 2.05) is 0 Å². The van der Waals surface area contributed by atoms with Gasteiger partial charge in [0.1, 0.15) is 23.1 Å². The van der Waals surface area contributed by atoms with Crippen molar-refractivity contribution in [1.82, 2.24) is 14.6 Å². The molecule has 3 heterocycles. The van der Waals surface area contributed by atoms with E-state index in [1.54, 1.807) is 20.8 Å². The Morgan fingerprint density at radius 3 is 2.76 bits per heavy atom. The number of ether oxygens (including phenoxy) is 2. The van der Waals surface area contributed by atoms with E-state index in [-0.39, 0.29) is 12.7 Å². The zero-order chi connectivity index (χ0) is 21.6. The van der Waals surface area contributed by atoms with Crippen LogP contribution in [0.1, 0.15) is 33.9 Å². The summed E-state index contributed by atoms with van der Waals surface area (Å²) in [4.78, 5) is 36.2. The predicted octanol–water partition coefficient (Wildman–Crippen LogP) is 0.885. The van der Waals surface area contributed by atoms with Crippen molar-refractivity contribution in [2.75, 3.05) is 6.61 Å². The fraction of sp³-hybridized carbons (Fsp3) is 0.688. The lowest BCUT2D eigenvalue weighted by Gasteiger charge is -2.36. The number of fused-ring (bicyclic) bond motifs is 1. The van der Waals surface area contributed by atoms with Crippen LogP contribution >= 0.6 is 19.3 Å². The molecule has 0 spiro atoms. The van der Waals surface area contributed by atoms with Crippen LogP contribution in [0, 0.1) is 0 Å². The molecule has 1 aromatic rings. The quantitative estimate of drug-likeness (QED) is 0.379. The number of carbonyl (C=O) groups is 1. The Hall–Kier alpha value is -1.49. The van der Waals surface area contributed by atoms with Crippen molar-refractivity contribution in [3.63, 3.8) is 0 Å². The minimum Gasteiger partial charge on any atom is -0.462 e. The molecule has 0 aliphatic carbocycles. The van der Waals surface area contributed by atoms with Gasteiger partial charge >= 0.3 is 19.4 Å². The third-order valence-corrected chi connectivity index (χ3v) is 6.60. The number of aromatic amines is 1. The maximum absolute atomic E-state index is 13.0. The molecule has 0 amide bonds. The second-order valence-corrected chi connectivity index (χ2v) is 9.89. The molecule has 13 heteroatoms. The molecule has 2 aliphatic rings. The van der Waals surface area contributed by atoms with Gasteiger partial charge in [0.2, 0.25) is 0 Å². The lowest BCUT2D eigenvalue weighted by atomic mass is 10.0. The second-order valence-electron chi connectivity index (χ2n) is 7.35. The van der Waals surface area contributed by atoms with E-state index in [0.29, 0.717) is 0 Å². The molecule has 2 N–H and O–H groups in total. The molecule has 1 aromatic heterocycles. The van der Waals surface area contributed by atoms with Crippen LogP contribution in [-0.2, 0) is 27.9 Å². The Kier molecular flexibility index (Phi) is 6.11. The van der Waals surface area contributed by atoms with Gasteiger partial charge in [-0.25, -0.2) is 14.4 Å². The van der Waals surface area contributed by atoms with Gasteiger partial charge in [-0.05, 0) is 27.7 Å². The predicted molar refractivity (Wildman–Crippen MR) is 102 cm³/mol. The van der Waals surface area contributed by atoms with Crippen LogP contribution in [0.3, 0.4) is 0 Å². The van der Waals surface area contributed by atoms with E-state index < -0.39 is 54.3 Å². The lowest BCUT2D eigenvalue weighted by molar-refractivity contribution is -0.149. The summed E-state index contributed by atoms with van der Waals surface area (Å²) < 4.78 is 36.0. The maximum Gasteiger partial charge on any atom is 0.406 e. The Balaban J connectivity index is 1.79. The van der Waals surface area contributed by atoms with Crippen LogP contribution in [0.25, 0.3) is 0 Å². The second kappa shape index (κ2) is 7.98. The van der Waals surface area contributed by atoms with Gasteiger partial charge in [-0.2, -0.15) is 0 Å². The van der Waals surface area contributed by atoms with Crippen LogP contribution < -0.4 is 16.3 Å². The number of alkyl halides is 1. The van der Waals surface area contributed by atoms with Gasteiger partial charge in [0.15, 0.2) is 6.23 Å². The highest BCUT2D eigenvalue weighted by atomic mass is 35.5. The number of hydrogen-bond donors (Lipinski definition) is 2. The van der Waals surface area contributed by atoms with E-state index in [4.69, 9.17) is 30.1 Å². The van der Waals surface area contributed by atoms with Crippen molar-refractivity contribution in [1.29, 1.82) is 0 Å². The maximum atomic E-state index is 13.0. The Morgan fingerprint density at radius 1 is 1.45 bits per heavy atom. The number of H-pyrrole nitrogens is 1. The molecule has 6 atom stereocenters. The number of aromatic nitrogens is 2. The van der Waals surface area contributed by atoms with Crippen LogP contribution in [0.4, 0.5) is 0 Å². The standard InChI is InChI=1S/C16H23ClN3O8P/c1-8(2)26-13(22)9(3)19-29(24)25-7-10-12(28-29)16(4,17)14(27-10)20-6-5-11(21)18-15(20)23/h5-6,8-10,12,14H,7H2,1-4H3,(H,19,24)(H,18,21,23)/t9-,10+,12+,14+,16+,29+/m0/s1. The number of esters is 1. The van der Waals surface area contributed by atoms with Gasteiger partial charge in [-0.3, -0.25) is 28.2 Å². The molecule has 2 aliphatic heterocycles. The highest BCUT2D eigenvalue weighted by Gasteiger charge is 2.60. The molecule has 11 nitrogen and oxygen atoms in total. The molecule has 0 saturated carbocycles. The third-order valence-electron chi connectivity index (χ3n) is 4.50. The molecule has 3 rings (SSSR count). The van der Waals surface area contributed by atoms with E-state index >= 15 is 0 Å². The Bertz CT molecular complexity index is 945. The van der Waals surface area contributed by atoms with Crippen molar-refractivity contribution in [2.45, 2.75) is 63.2 Å². The molecule has 0 aromatic carbocycles. The first-order valence-electron chi connectivity index (χ1n) is 9.00. The van der Waals surface area contributed by atoms with Gasteiger partial charge in [-0.15, -0.1) is 11.6 Å². The van der Waals surface area contributed by atoms with Crippen molar-refractivity contribution in [2.24, 2.45) is 0 Å². The molecule has 2 fully saturated rings. The van der Waals surface area contributed by atoms with Gasteiger partial charge in [0.25, 0.3) is 5.56 Å². The first-order chi connectivity index (χ1) is 13.4. The number of nitrogens with one attached hydrogen (secondary N) is 2. The largest absolute Gasteiger partial charge is 0.462 e. The molecule has 0 unspecified atom stereocenters. The monoisotopic (exact) mass is 451 g/mol. The van der Waals surface area contributed by atoms with Gasteiger partial charge in [-0.1, -0.05) is 0 Å². The SMILES string of the molecule is CC(C)OC(=O)[C@H](C)N[P@@]1(=O)OC[C@H]2O[C@@H](n3ccc(=O)[nH]c3=O)[C@](C)(Cl)[C@@H]2O1. The summed E-state index contributed by atoms with van der Waals surface area (Å²) in [6.45, 7) is 6.28. The zero-order valence-corrected chi connectivity index (χ0v) is 17.9. The van der Waals surface area contributed by atoms with Gasteiger partial charge in [0.05, 0.1) is 12.7 Å². The Labute approximate surface area is 171 Å². The normalized spacial score (nSPS) is 35.3. The number of halogens is 1. The minimum atomic E-state index is -3.92. The van der Waals surface area contributed by atoms with Crippen molar-refractivity contribution < 1.29 is 27.9 Å². The summed E-state index contributed by atoms with van der Waals surface area (Å²) in [7, 11) is -3.92. The molecular formula is C16H23ClN3O8P. The van der Waals surface area contributed by atoms with Crippen molar-refractivity contribution in [3.05, 3.63) is 33.1 Å². The van der Waals surface area contributed by atoms with Crippen LogP contribution in [-0.4, -0.2) is 51.4 Å². The summed E-state index contributed by atoms with van der Waals surface area (Å²) in [5.41, 5.74) is -1.27. The summed E-state index contributed by atoms with van der Waals surface area (Å²) >= 11 is 6.65. The van der Waals surface area contributed by atoms with Crippen molar-refractivity contribution in [3.8, 4) is 0 Å². The summed E-state index contributed by atoms with van der Waals surface area (Å²) in [5.74, 6) is -0.612. The first-order valence-corrected chi connectivity index (χ1v) is 10.9. The van der Waals surface area contributed by atoms with Gasteiger partial charge < -0.3 is 9.47 Å². The smallest absolute Gasteiger partial charge is 0.406 e. The Morgan fingerprint density at radius 2 is 2.14 bits per heavy atom. The molecule has 0 radical (unpaired) electrons. The van der Waals surface area contributed by atoms with Crippen LogP contribution in [0.5, 0.6) is 0 Å². The fourth-order valence-corrected chi connectivity index (χ4v) is 5.34. The zero-order valence-electron chi connectivity index (χ0n) is 16.3. The van der Waals surface area contributed by atoms with E-state index in [0.717, 1.165) is 10.6 Å². The molecule has 2 saturated heterocycles. The molecule has 29 heavy (non-hydrogen) atoms. The van der Waals surface area contributed by atoms with E-state index in [2.05, 4.69) is 10.1 Å². The van der Waals surface area contributed by atoms with E-state index in [9.17, 15) is 18.9 Å². The number of nitrogens with zero attached hydrogens (tertiary/aromatic N) is 1. The molecular weight excluding hydrogens is 429 g/mol. The highest BCUT2D eigenvalue weighted by Crippen LogP contribution is 2.57. The number of hydrogen-bond acceptors (Lipinski definition) is 8. The highest BCUT2D eigenvalue weighted by molar-refractivity contribution is 7.51. The summed E-state index contributed by atoms with van der Waals surface area (Å²) in [6, 6.07) is 0.201. The van der Waals surface area contributed by atoms with E-state index in [1.165, 1.54) is 13.1 Å². The average molecular weight is 452 g/mol. The topological polar surface area (TPSA) is 138 Å². The number of carbonyl (C=O) groups excluding carboxylic acids is 1. The molecule has 162 valence electrons. The third kappa shape index (κ3) is 4.50. The minimum absolute atomic E-state index is 0.141. The first kappa shape index (κ1) is 22.2. The van der Waals surface area contributed by atoms with Crippen LogP contribution in [0.2, 0.25) is 0 Å². The summed E-state index contributed by atoms with van der Waals surface area (Å²) in [6.07, 6.45) is -1.73. The number of rotatable bonds is 5. The summed E-state index contributed by atoms with van der Waals surface area (Å²) in [5, 5.41) is 2.53. The van der Waals surface area contributed by atoms with Gasteiger partial charge in [0, 0.05) is 12.3 Å². The van der Waals surface area contributed by atoms with Crippen LogP contribution in [0.15, 0.2) is 21.9 Å². The average Bonchev–Trinajstić information content (AvgIpc) is 2.85. The van der Waals surface area contributed by atoms with Crippen molar-refractivity contribution >= 4 is 25.3 Å².